The first-order valence-electron chi connectivity index (χ1n) is 5.38. The Morgan fingerprint density at radius 1 is 1.29 bits per heavy atom. The number of ether oxygens (including phenoxy) is 1. The van der Waals surface area contributed by atoms with Crippen LogP contribution in [0.3, 0.4) is 0 Å². The molecule has 0 aliphatic heterocycles. The first-order valence-corrected chi connectivity index (χ1v) is 6.46. The van der Waals surface area contributed by atoms with Gasteiger partial charge in [0, 0.05) is 6.20 Å². The Bertz CT molecular complexity index is 692. The van der Waals surface area contributed by atoms with Gasteiger partial charge in [-0.25, -0.2) is 9.78 Å². The van der Waals surface area contributed by atoms with Crippen LogP contribution in [0.4, 0.5) is 13.2 Å². The Kier molecular flexibility index (Phi) is 4.30. The van der Waals surface area contributed by atoms with Crippen molar-refractivity contribution in [1.29, 1.82) is 0 Å². The summed E-state index contributed by atoms with van der Waals surface area (Å²) in [5.74, 6) is -1.11. The Balaban J connectivity index is 2.34. The van der Waals surface area contributed by atoms with Crippen molar-refractivity contribution in [3.63, 3.8) is 0 Å². The molecular weight excluding hydrogens is 404 g/mol. The summed E-state index contributed by atoms with van der Waals surface area (Å²) in [6, 6.07) is 4.21. The lowest BCUT2D eigenvalue weighted by Crippen LogP contribution is -2.09. The van der Waals surface area contributed by atoms with Crippen molar-refractivity contribution in [3.8, 4) is 11.8 Å². The number of aromatic carboxylic acids is 1. The quantitative estimate of drug-likeness (QED) is 0.784. The number of halogens is 4. The average Bonchev–Trinajstić information content (AvgIpc) is 2.40. The monoisotopic (exact) mass is 410 g/mol. The molecule has 2 aromatic rings. The number of carboxylic acids is 1. The number of hydrogen-bond donors (Lipinski definition) is 1. The van der Waals surface area contributed by atoms with Gasteiger partial charge in [0.05, 0.1) is 9.13 Å². The molecule has 0 bridgehead atoms. The number of hydrogen-bond acceptors (Lipinski definition) is 4. The van der Waals surface area contributed by atoms with Crippen molar-refractivity contribution < 1.29 is 27.8 Å². The van der Waals surface area contributed by atoms with Gasteiger partial charge in [-0.15, -0.1) is 0 Å². The van der Waals surface area contributed by atoms with E-state index >= 15 is 0 Å². The van der Waals surface area contributed by atoms with Gasteiger partial charge >= 0.3 is 18.2 Å². The average molecular weight is 410 g/mol. The third kappa shape index (κ3) is 3.80. The van der Waals surface area contributed by atoms with E-state index in [-0.39, 0.29) is 11.3 Å². The normalized spacial score (nSPS) is 11.2. The highest BCUT2D eigenvalue weighted by molar-refractivity contribution is 14.1. The smallest absolute Gasteiger partial charge is 0.433 e. The molecule has 0 aliphatic rings. The van der Waals surface area contributed by atoms with Crippen molar-refractivity contribution in [1.82, 2.24) is 9.97 Å². The van der Waals surface area contributed by atoms with Crippen LogP contribution in [0.25, 0.3) is 0 Å². The molecule has 0 spiro atoms. The second kappa shape index (κ2) is 5.84. The molecule has 2 rings (SSSR count). The summed E-state index contributed by atoms with van der Waals surface area (Å²) in [6.45, 7) is 0. The van der Waals surface area contributed by atoms with E-state index in [9.17, 15) is 18.0 Å². The number of carbonyl (C=O) groups is 1. The first kappa shape index (κ1) is 15.5. The molecule has 1 aromatic heterocycles. The van der Waals surface area contributed by atoms with Gasteiger partial charge < -0.3 is 9.84 Å². The Hall–Kier alpha value is -1.91. The maximum atomic E-state index is 12.5. The topological polar surface area (TPSA) is 72.3 Å². The largest absolute Gasteiger partial charge is 0.478 e. The molecule has 0 aliphatic carbocycles. The lowest BCUT2D eigenvalue weighted by Gasteiger charge is -2.09. The van der Waals surface area contributed by atoms with Crippen LogP contribution in [0, 0.1) is 3.57 Å². The standard InChI is InChI=1S/C12H6F3IN2O3/c13-12(14,15)9-3-4-17-11(18-9)21-8-5-6(10(19)20)1-2-7(8)16/h1-5H,(H,19,20). The summed E-state index contributed by atoms with van der Waals surface area (Å²) in [5.41, 5.74) is -1.20. The summed E-state index contributed by atoms with van der Waals surface area (Å²) in [6.07, 6.45) is -3.70. The Labute approximate surface area is 129 Å². The van der Waals surface area contributed by atoms with E-state index in [4.69, 9.17) is 9.84 Å². The first-order chi connectivity index (χ1) is 9.77. The number of aromatic nitrogens is 2. The number of rotatable bonds is 3. The second-order valence-corrected chi connectivity index (χ2v) is 4.94. The van der Waals surface area contributed by atoms with Gasteiger partial charge in [0.25, 0.3) is 0 Å². The van der Waals surface area contributed by atoms with Crippen LogP contribution >= 0.6 is 22.6 Å². The summed E-state index contributed by atoms with van der Waals surface area (Å²) >= 11 is 1.86. The molecule has 1 N–H and O–H groups in total. The number of alkyl halides is 3. The van der Waals surface area contributed by atoms with Crippen LogP contribution in [0.5, 0.6) is 11.8 Å². The van der Waals surface area contributed by atoms with Gasteiger partial charge in [0.15, 0.2) is 5.69 Å². The fraction of sp³-hybridized carbons (Fsp3) is 0.0833. The van der Waals surface area contributed by atoms with Crippen LogP contribution in [-0.2, 0) is 6.18 Å². The SMILES string of the molecule is O=C(O)c1ccc(I)c(Oc2nccc(C(F)(F)F)n2)c1. The van der Waals surface area contributed by atoms with Crippen LogP contribution in [-0.4, -0.2) is 21.0 Å². The minimum atomic E-state index is -4.61. The minimum absolute atomic E-state index is 0.0580. The van der Waals surface area contributed by atoms with Gasteiger partial charge in [0.1, 0.15) is 5.75 Å². The van der Waals surface area contributed by atoms with Crippen molar-refractivity contribution >= 4 is 28.6 Å². The maximum Gasteiger partial charge on any atom is 0.433 e. The molecule has 110 valence electrons. The van der Waals surface area contributed by atoms with E-state index in [2.05, 4.69) is 9.97 Å². The van der Waals surface area contributed by atoms with E-state index in [0.717, 1.165) is 6.20 Å². The zero-order chi connectivity index (χ0) is 15.6. The predicted octanol–water partition coefficient (Wildman–Crippen LogP) is 3.59. The molecule has 9 heteroatoms. The van der Waals surface area contributed by atoms with Crippen LogP contribution in [0.1, 0.15) is 16.1 Å². The summed E-state index contributed by atoms with van der Waals surface area (Å²) in [5, 5.41) is 8.88. The van der Waals surface area contributed by atoms with Gasteiger partial charge in [0.2, 0.25) is 0 Å². The van der Waals surface area contributed by atoms with E-state index in [0.29, 0.717) is 9.64 Å². The molecule has 0 unspecified atom stereocenters. The van der Waals surface area contributed by atoms with Crippen molar-refractivity contribution in [2.75, 3.05) is 0 Å². The summed E-state index contributed by atoms with van der Waals surface area (Å²) in [7, 11) is 0. The zero-order valence-electron chi connectivity index (χ0n) is 10.1. The van der Waals surface area contributed by atoms with Gasteiger partial charge in [-0.1, -0.05) is 0 Å². The highest BCUT2D eigenvalue weighted by Gasteiger charge is 2.33. The Morgan fingerprint density at radius 3 is 2.62 bits per heavy atom. The zero-order valence-corrected chi connectivity index (χ0v) is 12.2. The fourth-order valence-electron chi connectivity index (χ4n) is 1.36. The molecule has 0 saturated heterocycles. The van der Waals surface area contributed by atoms with Crippen LogP contribution < -0.4 is 4.74 Å². The molecule has 1 heterocycles. The number of carboxylic acid groups (broad SMARTS) is 1. The molecule has 0 saturated carbocycles. The van der Waals surface area contributed by atoms with Gasteiger partial charge in [-0.3, -0.25) is 0 Å². The summed E-state index contributed by atoms with van der Waals surface area (Å²) < 4.78 is 43.2. The molecule has 0 fully saturated rings. The fourth-order valence-corrected chi connectivity index (χ4v) is 1.81. The predicted molar refractivity (Wildman–Crippen MR) is 73.2 cm³/mol. The van der Waals surface area contributed by atoms with Crippen molar-refractivity contribution in [2.45, 2.75) is 6.18 Å². The second-order valence-electron chi connectivity index (χ2n) is 3.77. The highest BCUT2D eigenvalue weighted by atomic mass is 127. The lowest BCUT2D eigenvalue weighted by molar-refractivity contribution is -0.141. The molecule has 5 nitrogen and oxygen atoms in total. The van der Waals surface area contributed by atoms with Crippen LogP contribution in [0.2, 0.25) is 0 Å². The number of benzene rings is 1. The van der Waals surface area contributed by atoms with Crippen molar-refractivity contribution in [2.24, 2.45) is 0 Å². The third-order valence-electron chi connectivity index (χ3n) is 2.30. The van der Waals surface area contributed by atoms with E-state index in [1.807, 2.05) is 22.6 Å². The van der Waals surface area contributed by atoms with E-state index in [1.54, 1.807) is 0 Å². The number of nitrogens with zero attached hydrogens (tertiary/aromatic N) is 2. The lowest BCUT2D eigenvalue weighted by atomic mass is 10.2. The molecule has 1 aromatic carbocycles. The molecule has 0 amide bonds. The molecule has 21 heavy (non-hydrogen) atoms. The Morgan fingerprint density at radius 2 is 2.00 bits per heavy atom. The molecule has 0 radical (unpaired) electrons. The van der Waals surface area contributed by atoms with Crippen LogP contribution in [0.15, 0.2) is 30.5 Å². The van der Waals surface area contributed by atoms with Gasteiger partial charge in [-0.05, 0) is 46.9 Å². The third-order valence-corrected chi connectivity index (χ3v) is 3.19. The summed E-state index contributed by atoms with van der Waals surface area (Å²) in [4.78, 5) is 17.7. The minimum Gasteiger partial charge on any atom is -0.478 e. The molecule has 0 atom stereocenters. The van der Waals surface area contributed by atoms with E-state index < -0.39 is 23.8 Å². The van der Waals surface area contributed by atoms with E-state index in [1.165, 1.54) is 18.2 Å². The maximum absolute atomic E-state index is 12.5. The van der Waals surface area contributed by atoms with Gasteiger partial charge in [-0.2, -0.15) is 18.2 Å². The molecular formula is C12H6F3IN2O3. The highest BCUT2D eigenvalue weighted by Crippen LogP contribution is 2.30. The van der Waals surface area contributed by atoms with Crippen molar-refractivity contribution in [3.05, 3.63) is 45.3 Å².